The first kappa shape index (κ1) is 12.8. The fraction of sp³-hybridized carbons (Fsp3) is 0.200. The van der Waals surface area contributed by atoms with Gasteiger partial charge in [-0.05, 0) is 37.1 Å². The van der Waals surface area contributed by atoms with Crippen LogP contribution in [0.25, 0.3) is 0 Å². The number of halogens is 1. The molecular weight excluding hydrogens is 246 g/mol. The molecule has 2 nitrogen and oxygen atoms in total. The van der Waals surface area contributed by atoms with E-state index in [1.54, 1.807) is 18.3 Å². The minimum absolute atomic E-state index is 0.0940. The van der Waals surface area contributed by atoms with Gasteiger partial charge in [-0.25, -0.2) is 0 Å². The number of benzene rings is 1. The number of rotatable bonds is 5. The van der Waals surface area contributed by atoms with Gasteiger partial charge in [0.1, 0.15) is 0 Å². The summed E-state index contributed by atoms with van der Waals surface area (Å²) in [5, 5.41) is 0.528. The van der Waals surface area contributed by atoms with E-state index in [0.29, 0.717) is 17.0 Å². The van der Waals surface area contributed by atoms with Crippen LogP contribution in [0.5, 0.6) is 0 Å². The van der Waals surface area contributed by atoms with Crippen molar-refractivity contribution >= 4 is 17.4 Å². The maximum Gasteiger partial charge on any atom is 0.164 e. The minimum atomic E-state index is 0.0940. The molecular formula is C15H14ClNO. The van der Waals surface area contributed by atoms with Crippen LogP contribution in [0, 0.1) is 0 Å². The van der Waals surface area contributed by atoms with Gasteiger partial charge in [-0.15, -0.1) is 0 Å². The van der Waals surface area contributed by atoms with Crippen molar-refractivity contribution in [3.05, 3.63) is 64.9 Å². The molecule has 0 aliphatic rings. The fourth-order valence-electron chi connectivity index (χ4n) is 1.80. The molecule has 0 atom stereocenters. The molecule has 0 aliphatic carbocycles. The largest absolute Gasteiger partial charge is 0.294 e. The van der Waals surface area contributed by atoms with Gasteiger partial charge in [0.2, 0.25) is 0 Å². The molecule has 92 valence electrons. The van der Waals surface area contributed by atoms with E-state index in [4.69, 9.17) is 11.6 Å². The molecule has 0 aliphatic heterocycles. The van der Waals surface area contributed by atoms with Crippen LogP contribution in [0.4, 0.5) is 0 Å². The maximum absolute atomic E-state index is 12.0. The average Bonchev–Trinajstić information content (AvgIpc) is 2.40. The number of aryl methyl sites for hydroxylation is 1. The molecule has 0 unspecified atom stereocenters. The lowest BCUT2D eigenvalue weighted by Gasteiger charge is -2.03. The molecule has 0 bridgehead atoms. The molecule has 2 aromatic rings. The van der Waals surface area contributed by atoms with E-state index in [1.165, 1.54) is 0 Å². The molecule has 0 fully saturated rings. The number of pyridine rings is 1. The van der Waals surface area contributed by atoms with E-state index < -0.39 is 0 Å². The van der Waals surface area contributed by atoms with Crippen molar-refractivity contribution < 1.29 is 4.79 Å². The first-order valence-corrected chi connectivity index (χ1v) is 6.33. The van der Waals surface area contributed by atoms with E-state index in [2.05, 4.69) is 4.98 Å². The molecule has 18 heavy (non-hydrogen) atoms. The van der Waals surface area contributed by atoms with Crippen molar-refractivity contribution in [3.8, 4) is 0 Å². The Hall–Kier alpha value is -1.67. The first-order chi connectivity index (χ1) is 8.77. The van der Waals surface area contributed by atoms with Gasteiger partial charge in [0.25, 0.3) is 0 Å². The Kier molecular flexibility index (Phi) is 4.48. The van der Waals surface area contributed by atoms with E-state index in [1.807, 2.05) is 30.3 Å². The Morgan fingerprint density at radius 3 is 2.61 bits per heavy atom. The highest BCUT2D eigenvalue weighted by Crippen LogP contribution is 2.17. The third-order valence-electron chi connectivity index (χ3n) is 2.74. The van der Waals surface area contributed by atoms with Gasteiger partial charge in [-0.2, -0.15) is 0 Å². The van der Waals surface area contributed by atoms with Gasteiger partial charge in [-0.3, -0.25) is 9.78 Å². The molecule has 2 rings (SSSR count). The Bertz CT molecular complexity index is 525. The Balaban J connectivity index is 1.88. The SMILES string of the molecule is O=C(CCCc1ccccn1)c1ccccc1Cl. The van der Waals surface area contributed by atoms with E-state index in [-0.39, 0.29) is 5.78 Å². The Morgan fingerprint density at radius 1 is 1.11 bits per heavy atom. The second-order valence-corrected chi connectivity index (χ2v) is 4.48. The molecule has 0 amide bonds. The van der Waals surface area contributed by atoms with Crippen molar-refractivity contribution in [3.63, 3.8) is 0 Å². The summed E-state index contributed by atoms with van der Waals surface area (Å²) in [6.45, 7) is 0. The van der Waals surface area contributed by atoms with Crippen LogP contribution >= 0.6 is 11.6 Å². The second kappa shape index (κ2) is 6.31. The highest BCUT2D eigenvalue weighted by Gasteiger charge is 2.09. The van der Waals surface area contributed by atoms with Gasteiger partial charge in [-0.1, -0.05) is 29.8 Å². The molecule has 0 saturated heterocycles. The quantitative estimate of drug-likeness (QED) is 0.762. The summed E-state index contributed by atoms with van der Waals surface area (Å²) in [5.41, 5.74) is 1.63. The van der Waals surface area contributed by atoms with Crippen molar-refractivity contribution in [2.75, 3.05) is 0 Å². The second-order valence-electron chi connectivity index (χ2n) is 4.08. The maximum atomic E-state index is 12.0. The van der Waals surface area contributed by atoms with Gasteiger partial charge in [0.15, 0.2) is 5.78 Å². The summed E-state index contributed by atoms with van der Waals surface area (Å²) < 4.78 is 0. The summed E-state index contributed by atoms with van der Waals surface area (Å²) in [6.07, 6.45) is 3.88. The van der Waals surface area contributed by atoms with Crippen LogP contribution in [0.3, 0.4) is 0 Å². The van der Waals surface area contributed by atoms with Crippen LogP contribution in [-0.4, -0.2) is 10.8 Å². The first-order valence-electron chi connectivity index (χ1n) is 5.95. The van der Waals surface area contributed by atoms with Crippen LogP contribution in [0.1, 0.15) is 28.9 Å². The third-order valence-corrected chi connectivity index (χ3v) is 3.07. The van der Waals surface area contributed by atoms with Crippen molar-refractivity contribution in [1.82, 2.24) is 4.98 Å². The van der Waals surface area contributed by atoms with Crippen molar-refractivity contribution in [1.29, 1.82) is 0 Å². The predicted octanol–water partition coefficient (Wildman–Crippen LogP) is 3.94. The molecule has 1 aromatic heterocycles. The Morgan fingerprint density at radius 2 is 1.89 bits per heavy atom. The predicted molar refractivity (Wildman–Crippen MR) is 73.0 cm³/mol. The molecule has 3 heteroatoms. The van der Waals surface area contributed by atoms with Gasteiger partial charge in [0.05, 0.1) is 5.02 Å². The number of carbonyl (C=O) groups is 1. The summed E-state index contributed by atoms with van der Waals surface area (Å²) in [4.78, 5) is 16.2. The summed E-state index contributed by atoms with van der Waals surface area (Å²) in [7, 11) is 0. The summed E-state index contributed by atoms with van der Waals surface area (Å²) >= 11 is 5.98. The lowest BCUT2D eigenvalue weighted by Crippen LogP contribution is -2.01. The van der Waals surface area contributed by atoms with Crippen molar-refractivity contribution in [2.45, 2.75) is 19.3 Å². The average molecular weight is 260 g/mol. The molecule has 1 heterocycles. The summed E-state index contributed by atoms with van der Waals surface area (Å²) in [6, 6.07) is 13.0. The number of hydrogen-bond donors (Lipinski definition) is 0. The van der Waals surface area contributed by atoms with E-state index >= 15 is 0 Å². The van der Waals surface area contributed by atoms with Crippen LogP contribution in [-0.2, 0) is 6.42 Å². The van der Waals surface area contributed by atoms with E-state index in [0.717, 1.165) is 18.5 Å². The molecule has 1 aromatic carbocycles. The van der Waals surface area contributed by atoms with Gasteiger partial charge in [0, 0.05) is 23.9 Å². The molecule has 0 saturated carbocycles. The lowest BCUT2D eigenvalue weighted by atomic mass is 10.0. The number of carbonyl (C=O) groups excluding carboxylic acids is 1. The van der Waals surface area contributed by atoms with Gasteiger partial charge >= 0.3 is 0 Å². The van der Waals surface area contributed by atoms with Crippen LogP contribution in [0.15, 0.2) is 48.7 Å². The number of nitrogens with zero attached hydrogens (tertiary/aromatic N) is 1. The molecule has 0 N–H and O–H groups in total. The summed E-state index contributed by atoms with van der Waals surface area (Å²) in [5.74, 6) is 0.0940. The zero-order valence-corrected chi connectivity index (χ0v) is 10.7. The molecule has 0 radical (unpaired) electrons. The fourth-order valence-corrected chi connectivity index (χ4v) is 2.04. The zero-order chi connectivity index (χ0) is 12.8. The number of hydrogen-bond acceptors (Lipinski definition) is 2. The number of ketones is 1. The lowest BCUT2D eigenvalue weighted by molar-refractivity contribution is 0.0980. The topological polar surface area (TPSA) is 30.0 Å². The minimum Gasteiger partial charge on any atom is -0.294 e. The van der Waals surface area contributed by atoms with Crippen LogP contribution in [0.2, 0.25) is 5.02 Å². The van der Waals surface area contributed by atoms with Crippen molar-refractivity contribution in [2.24, 2.45) is 0 Å². The number of Topliss-reactive ketones (excluding diaryl/α,β-unsaturated/α-hetero) is 1. The standard InChI is InChI=1S/C15H14ClNO/c16-14-9-2-1-8-13(14)15(18)10-5-7-12-6-3-4-11-17-12/h1-4,6,8-9,11H,5,7,10H2. The normalized spacial score (nSPS) is 10.3. The highest BCUT2D eigenvalue weighted by molar-refractivity contribution is 6.33. The number of aromatic nitrogens is 1. The van der Waals surface area contributed by atoms with E-state index in [9.17, 15) is 4.79 Å². The molecule has 0 spiro atoms. The third kappa shape index (κ3) is 3.41. The zero-order valence-electron chi connectivity index (χ0n) is 9.97. The van der Waals surface area contributed by atoms with Crippen LogP contribution < -0.4 is 0 Å². The highest BCUT2D eigenvalue weighted by atomic mass is 35.5. The smallest absolute Gasteiger partial charge is 0.164 e. The van der Waals surface area contributed by atoms with Gasteiger partial charge < -0.3 is 0 Å². The Labute approximate surface area is 112 Å². The monoisotopic (exact) mass is 259 g/mol.